The van der Waals surface area contributed by atoms with E-state index >= 15 is 0 Å². The maximum absolute atomic E-state index is 5.50. The predicted octanol–water partition coefficient (Wildman–Crippen LogP) is 2.00. The minimum Gasteiger partial charge on any atom is -0.454 e. The number of benzene rings is 1. The Hall–Kier alpha value is -2.01. The van der Waals surface area contributed by atoms with Crippen LogP contribution in [0.1, 0.15) is 23.7 Å². The molecular formula is C15H19N3O2. The van der Waals surface area contributed by atoms with Crippen molar-refractivity contribution in [3.8, 4) is 11.5 Å². The highest BCUT2D eigenvalue weighted by Gasteiger charge is 2.16. The molecule has 0 unspecified atom stereocenters. The third-order valence-electron chi connectivity index (χ3n) is 3.44. The molecule has 0 radical (unpaired) electrons. The van der Waals surface area contributed by atoms with Crippen molar-refractivity contribution in [3.63, 3.8) is 0 Å². The van der Waals surface area contributed by atoms with Crippen LogP contribution in [-0.4, -0.2) is 16.6 Å². The summed E-state index contributed by atoms with van der Waals surface area (Å²) in [4.78, 5) is 0. The van der Waals surface area contributed by atoms with Crippen molar-refractivity contribution in [1.82, 2.24) is 15.1 Å². The molecule has 0 amide bonds. The maximum atomic E-state index is 5.50. The van der Waals surface area contributed by atoms with Gasteiger partial charge in [-0.05, 0) is 12.5 Å². The number of ether oxygens (including phenoxy) is 2. The van der Waals surface area contributed by atoms with Crippen LogP contribution in [-0.2, 0) is 26.6 Å². The van der Waals surface area contributed by atoms with E-state index in [1.54, 1.807) is 0 Å². The number of hydrogen-bond donors (Lipinski definition) is 1. The van der Waals surface area contributed by atoms with Gasteiger partial charge in [0.1, 0.15) is 0 Å². The highest BCUT2D eigenvalue weighted by atomic mass is 16.7. The van der Waals surface area contributed by atoms with Gasteiger partial charge in [0.15, 0.2) is 11.5 Å². The highest BCUT2D eigenvalue weighted by Crippen LogP contribution is 2.35. The van der Waals surface area contributed by atoms with Crippen LogP contribution in [0.15, 0.2) is 24.4 Å². The molecule has 5 heteroatoms. The van der Waals surface area contributed by atoms with Gasteiger partial charge in [0, 0.05) is 37.5 Å². The zero-order valence-electron chi connectivity index (χ0n) is 11.8. The Morgan fingerprint density at radius 3 is 2.95 bits per heavy atom. The summed E-state index contributed by atoms with van der Waals surface area (Å²) >= 11 is 0. The second kappa shape index (κ2) is 5.54. The fraction of sp³-hybridized carbons (Fsp3) is 0.400. The van der Waals surface area contributed by atoms with Crippen molar-refractivity contribution in [1.29, 1.82) is 0 Å². The van der Waals surface area contributed by atoms with Crippen LogP contribution in [0.3, 0.4) is 0 Å². The lowest BCUT2D eigenvalue weighted by atomic mass is 10.1. The Kier molecular flexibility index (Phi) is 3.60. The first-order chi connectivity index (χ1) is 9.78. The number of rotatable bonds is 5. The van der Waals surface area contributed by atoms with Gasteiger partial charge in [-0.3, -0.25) is 4.68 Å². The first-order valence-corrected chi connectivity index (χ1v) is 6.87. The first kappa shape index (κ1) is 13.0. The number of nitrogens with zero attached hydrogens (tertiary/aromatic N) is 2. The van der Waals surface area contributed by atoms with E-state index in [1.165, 1.54) is 5.56 Å². The van der Waals surface area contributed by atoms with Gasteiger partial charge in [-0.15, -0.1) is 0 Å². The van der Waals surface area contributed by atoms with E-state index in [4.69, 9.17) is 9.47 Å². The number of para-hydroxylation sites is 1. The van der Waals surface area contributed by atoms with E-state index in [-0.39, 0.29) is 0 Å². The summed E-state index contributed by atoms with van der Waals surface area (Å²) in [5.74, 6) is 1.70. The van der Waals surface area contributed by atoms with Crippen LogP contribution in [0.5, 0.6) is 11.5 Å². The molecule has 1 aliphatic rings. The minimum absolute atomic E-state index is 0.314. The van der Waals surface area contributed by atoms with E-state index in [2.05, 4.69) is 29.6 Å². The van der Waals surface area contributed by atoms with Crippen LogP contribution in [0.25, 0.3) is 0 Å². The molecule has 0 fully saturated rings. The van der Waals surface area contributed by atoms with Gasteiger partial charge in [-0.1, -0.05) is 19.1 Å². The Morgan fingerprint density at radius 2 is 2.10 bits per heavy atom. The smallest absolute Gasteiger partial charge is 0.231 e. The lowest BCUT2D eigenvalue weighted by Crippen LogP contribution is -2.13. The van der Waals surface area contributed by atoms with Gasteiger partial charge in [-0.25, -0.2) is 0 Å². The lowest BCUT2D eigenvalue weighted by Gasteiger charge is -2.07. The summed E-state index contributed by atoms with van der Waals surface area (Å²) in [7, 11) is 1.96. The van der Waals surface area contributed by atoms with Crippen LogP contribution in [0, 0.1) is 0 Å². The van der Waals surface area contributed by atoms with Gasteiger partial charge >= 0.3 is 0 Å². The molecule has 1 aliphatic heterocycles. The summed E-state index contributed by atoms with van der Waals surface area (Å²) in [5, 5.41) is 7.89. The fourth-order valence-electron chi connectivity index (χ4n) is 2.49. The van der Waals surface area contributed by atoms with Crippen molar-refractivity contribution in [2.45, 2.75) is 26.4 Å². The first-order valence-electron chi connectivity index (χ1n) is 6.87. The standard InChI is InChI=1S/C15H19N3O2/c1-3-13-12(9-18(2)17-13)8-16-7-11-5-4-6-14-15(11)20-10-19-14/h4-6,9,16H,3,7-8,10H2,1-2H3. The molecule has 0 saturated heterocycles. The Bertz CT molecular complexity index is 607. The van der Waals surface area contributed by atoms with E-state index in [0.29, 0.717) is 6.79 Å². The van der Waals surface area contributed by atoms with Crippen molar-refractivity contribution in [2.75, 3.05) is 6.79 Å². The topological polar surface area (TPSA) is 48.3 Å². The minimum atomic E-state index is 0.314. The number of nitrogens with one attached hydrogen (secondary N) is 1. The van der Waals surface area contributed by atoms with Crippen molar-refractivity contribution in [3.05, 3.63) is 41.2 Å². The molecule has 0 spiro atoms. The Balaban J connectivity index is 1.64. The average molecular weight is 273 g/mol. The number of fused-ring (bicyclic) bond motifs is 1. The van der Waals surface area contributed by atoms with E-state index < -0.39 is 0 Å². The molecule has 1 aromatic carbocycles. The normalized spacial score (nSPS) is 12.9. The molecule has 106 valence electrons. The average Bonchev–Trinajstić information content (AvgIpc) is 3.05. The summed E-state index contributed by atoms with van der Waals surface area (Å²) < 4.78 is 12.8. The largest absolute Gasteiger partial charge is 0.454 e. The molecule has 0 aliphatic carbocycles. The van der Waals surface area contributed by atoms with Crippen LogP contribution >= 0.6 is 0 Å². The second-order valence-corrected chi connectivity index (χ2v) is 4.88. The molecule has 3 rings (SSSR count). The van der Waals surface area contributed by atoms with Crippen LogP contribution < -0.4 is 14.8 Å². The molecule has 5 nitrogen and oxygen atoms in total. The third kappa shape index (κ3) is 2.49. The molecule has 0 bridgehead atoms. The SMILES string of the molecule is CCc1nn(C)cc1CNCc1cccc2c1OCO2. The zero-order chi connectivity index (χ0) is 13.9. The maximum Gasteiger partial charge on any atom is 0.231 e. The van der Waals surface area contributed by atoms with E-state index in [1.807, 2.05) is 23.9 Å². The van der Waals surface area contributed by atoms with Gasteiger partial charge in [-0.2, -0.15) is 5.10 Å². The van der Waals surface area contributed by atoms with Crippen LogP contribution in [0.2, 0.25) is 0 Å². The molecule has 0 saturated carbocycles. The summed E-state index contributed by atoms with van der Waals surface area (Å²) in [6.45, 7) is 4.00. The fourth-order valence-corrected chi connectivity index (χ4v) is 2.49. The van der Waals surface area contributed by atoms with E-state index in [9.17, 15) is 0 Å². The van der Waals surface area contributed by atoms with Gasteiger partial charge in [0.05, 0.1) is 5.69 Å². The number of hydrogen-bond acceptors (Lipinski definition) is 4. The second-order valence-electron chi connectivity index (χ2n) is 4.88. The molecule has 2 heterocycles. The molecule has 1 aromatic heterocycles. The molecule has 20 heavy (non-hydrogen) atoms. The number of aryl methyl sites for hydroxylation is 2. The number of aromatic nitrogens is 2. The van der Waals surface area contributed by atoms with Crippen molar-refractivity contribution in [2.24, 2.45) is 7.05 Å². The Labute approximate surface area is 118 Å². The molecule has 2 aromatic rings. The van der Waals surface area contributed by atoms with Gasteiger partial charge in [0.25, 0.3) is 0 Å². The highest BCUT2D eigenvalue weighted by molar-refractivity contribution is 5.48. The quantitative estimate of drug-likeness (QED) is 0.905. The van der Waals surface area contributed by atoms with Gasteiger partial charge < -0.3 is 14.8 Å². The summed E-state index contributed by atoms with van der Waals surface area (Å²) in [6, 6.07) is 5.98. The zero-order valence-corrected chi connectivity index (χ0v) is 11.8. The Morgan fingerprint density at radius 1 is 1.25 bits per heavy atom. The summed E-state index contributed by atoms with van der Waals surface area (Å²) in [6.07, 6.45) is 3.02. The van der Waals surface area contributed by atoms with Crippen molar-refractivity contribution < 1.29 is 9.47 Å². The monoisotopic (exact) mass is 273 g/mol. The van der Waals surface area contributed by atoms with E-state index in [0.717, 1.165) is 42.3 Å². The van der Waals surface area contributed by atoms with Crippen molar-refractivity contribution >= 4 is 0 Å². The molecule has 0 atom stereocenters. The lowest BCUT2D eigenvalue weighted by molar-refractivity contribution is 0.173. The molecule has 1 N–H and O–H groups in total. The van der Waals surface area contributed by atoms with Gasteiger partial charge in [0.2, 0.25) is 6.79 Å². The third-order valence-corrected chi connectivity index (χ3v) is 3.44. The summed E-state index contributed by atoms with van der Waals surface area (Å²) in [5.41, 5.74) is 3.53. The van der Waals surface area contributed by atoms with Crippen LogP contribution in [0.4, 0.5) is 0 Å². The predicted molar refractivity (Wildman–Crippen MR) is 75.7 cm³/mol. The molecular weight excluding hydrogens is 254 g/mol.